The van der Waals surface area contributed by atoms with Crippen molar-refractivity contribution in [3.05, 3.63) is 18.0 Å². The lowest BCUT2D eigenvalue weighted by molar-refractivity contribution is 0.0207. The summed E-state index contributed by atoms with van der Waals surface area (Å²) >= 11 is 0. The molecule has 0 radical (unpaired) electrons. The van der Waals surface area contributed by atoms with Gasteiger partial charge in [-0.2, -0.15) is 5.10 Å². The summed E-state index contributed by atoms with van der Waals surface area (Å²) in [6.45, 7) is 11.3. The maximum absolute atomic E-state index is 5.75. The van der Waals surface area contributed by atoms with Gasteiger partial charge in [0.05, 0.1) is 17.3 Å². The van der Waals surface area contributed by atoms with Gasteiger partial charge in [0, 0.05) is 31.5 Å². The van der Waals surface area contributed by atoms with Gasteiger partial charge in [-0.15, -0.1) is 0 Å². The highest BCUT2D eigenvalue weighted by Gasteiger charge is 2.29. The van der Waals surface area contributed by atoms with E-state index in [4.69, 9.17) is 4.74 Å². The Morgan fingerprint density at radius 1 is 1.50 bits per heavy atom. The van der Waals surface area contributed by atoms with Crippen molar-refractivity contribution in [3.63, 3.8) is 0 Å². The average molecular weight is 251 g/mol. The molecule has 0 saturated carbocycles. The maximum atomic E-state index is 5.75. The van der Waals surface area contributed by atoms with E-state index in [1.54, 1.807) is 0 Å². The Morgan fingerprint density at radius 2 is 2.28 bits per heavy atom. The minimum absolute atomic E-state index is 0.0278. The number of hydrogen-bond acceptors (Lipinski definition) is 3. The van der Waals surface area contributed by atoms with Gasteiger partial charge in [-0.25, -0.2) is 0 Å². The Balaban J connectivity index is 1.82. The van der Waals surface area contributed by atoms with E-state index in [1.165, 1.54) is 12.0 Å². The smallest absolute Gasteiger partial charge is 0.0779 e. The second kappa shape index (κ2) is 5.02. The predicted octanol–water partition coefficient (Wildman–Crippen LogP) is 2.30. The summed E-state index contributed by atoms with van der Waals surface area (Å²) in [6, 6.07) is 0. The first kappa shape index (κ1) is 13.6. The summed E-state index contributed by atoms with van der Waals surface area (Å²) in [4.78, 5) is 0. The van der Waals surface area contributed by atoms with Gasteiger partial charge in [0.15, 0.2) is 0 Å². The third kappa shape index (κ3) is 3.33. The van der Waals surface area contributed by atoms with Crippen molar-refractivity contribution in [2.24, 2.45) is 0 Å². The molecule has 2 rings (SSSR count). The summed E-state index contributed by atoms with van der Waals surface area (Å²) in [5.74, 6) is 0. The average Bonchev–Trinajstić information content (AvgIpc) is 2.87. The highest BCUT2D eigenvalue weighted by Crippen LogP contribution is 2.24. The normalized spacial score (nSPS) is 24.7. The van der Waals surface area contributed by atoms with E-state index < -0.39 is 0 Å². The molecule has 1 N–H and O–H groups in total. The van der Waals surface area contributed by atoms with E-state index >= 15 is 0 Å². The van der Waals surface area contributed by atoms with Gasteiger partial charge in [-0.05, 0) is 40.5 Å². The zero-order valence-electron chi connectivity index (χ0n) is 12.0. The molecule has 1 atom stereocenters. The monoisotopic (exact) mass is 251 g/mol. The molecule has 2 heterocycles. The predicted molar refractivity (Wildman–Crippen MR) is 72.5 cm³/mol. The first-order valence-electron chi connectivity index (χ1n) is 6.78. The number of hydrogen-bond donors (Lipinski definition) is 1. The van der Waals surface area contributed by atoms with Crippen LogP contribution in [-0.2, 0) is 16.8 Å². The van der Waals surface area contributed by atoms with Crippen molar-refractivity contribution in [2.45, 2.75) is 58.2 Å². The molecule has 1 aliphatic rings. The molecule has 18 heavy (non-hydrogen) atoms. The minimum Gasteiger partial charge on any atom is -0.374 e. The van der Waals surface area contributed by atoms with E-state index in [9.17, 15) is 0 Å². The number of nitrogens with zero attached hydrogens (tertiary/aromatic N) is 2. The van der Waals surface area contributed by atoms with E-state index in [0.717, 1.165) is 26.1 Å². The third-order valence-corrected chi connectivity index (χ3v) is 3.45. The summed E-state index contributed by atoms with van der Waals surface area (Å²) < 4.78 is 7.77. The number of aromatic nitrogens is 2. The highest BCUT2D eigenvalue weighted by atomic mass is 16.5. The Hall–Kier alpha value is -0.870. The third-order valence-electron chi connectivity index (χ3n) is 3.45. The van der Waals surface area contributed by atoms with Crippen LogP contribution in [0, 0.1) is 0 Å². The topological polar surface area (TPSA) is 39.1 Å². The Bertz CT molecular complexity index is 386. The van der Waals surface area contributed by atoms with Crippen LogP contribution < -0.4 is 5.32 Å². The number of rotatable bonds is 4. The molecule has 1 aliphatic heterocycles. The second-order valence-electron chi connectivity index (χ2n) is 6.47. The first-order chi connectivity index (χ1) is 8.39. The lowest BCUT2D eigenvalue weighted by Crippen LogP contribution is -2.36. The van der Waals surface area contributed by atoms with Crippen molar-refractivity contribution < 1.29 is 4.74 Å². The van der Waals surface area contributed by atoms with E-state index in [1.807, 2.05) is 10.9 Å². The molecule has 1 fully saturated rings. The lowest BCUT2D eigenvalue weighted by atomic mass is 10.0. The fraction of sp³-hybridized carbons (Fsp3) is 0.786. The Morgan fingerprint density at radius 3 is 2.83 bits per heavy atom. The fourth-order valence-corrected chi connectivity index (χ4v) is 2.27. The zero-order valence-corrected chi connectivity index (χ0v) is 12.0. The van der Waals surface area contributed by atoms with Crippen LogP contribution in [0.4, 0.5) is 0 Å². The molecule has 1 saturated heterocycles. The van der Waals surface area contributed by atoms with Crippen LogP contribution in [0.3, 0.4) is 0 Å². The van der Waals surface area contributed by atoms with Gasteiger partial charge < -0.3 is 10.1 Å². The van der Waals surface area contributed by atoms with Crippen LogP contribution >= 0.6 is 0 Å². The lowest BCUT2D eigenvalue weighted by Gasteiger charge is -2.23. The molecule has 1 unspecified atom stereocenters. The van der Waals surface area contributed by atoms with Crippen LogP contribution in [0.2, 0.25) is 0 Å². The molecule has 0 amide bonds. The highest BCUT2D eigenvalue weighted by molar-refractivity contribution is 5.05. The van der Waals surface area contributed by atoms with E-state index in [0.29, 0.717) is 0 Å². The van der Waals surface area contributed by atoms with Crippen LogP contribution in [0.5, 0.6) is 0 Å². The van der Waals surface area contributed by atoms with Crippen molar-refractivity contribution in [3.8, 4) is 0 Å². The van der Waals surface area contributed by atoms with Gasteiger partial charge in [-0.1, -0.05) is 0 Å². The molecule has 4 nitrogen and oxygen atoms in total. The molecule has 0 aromatic carbocycles. The van der Waals surface area contributed by atoms with Gasteiger partial charge in [-0.3, -0.25) is 4.68 Å². The first-order valence-corrected chi connectivity index (χ1v) is 6.78. The van der Waals surface area contributed by atoms with Gasteiger partial charge in [0.25, 0.3) is 0 Å². The summed E-state index contributed by atoms with van der Waals surface area (Å²) in [5, 5.41) is 7.87. The summed E-state index contributed by atoms with van der Waals surface area (Å²) in [5.41, 5.74) is 1.31. The van der Waals surface area contributed by atoms with E-state index in [2.05, 4.69) is 44.3 Å². The molecule has 1 aromatic heterocycles. The van der Waals surface area contributed by atoms with Crippen LogP contribution in [0.25, 0.3) is 0 Å². The van der Waals surface area contributed by atoms with E-state index in [-0.39, 0.29) is 11.1 Å². The van der Waals surface area contributed by atoms with Gasteiger partial charge in [0.1, 0.15) is 0 Å². The summed E-state index contributed by atoms with van der Waals surface area (Å²) in [7, 11) is 0. The SMILES string of the molecule is CC1(CNCc2cnn(C(C)(C)C)c2)CCCO1. The Kier molecular flexibility index (Phi) is 3.78. The number of ether oxygens (including phenoxy) is 1. The number of nitrogens with one attached hydrogen (secondary N) is 1. The van der Waals surface area contributed by atoms with Gasteiger partial charge in [0.2, 0.25) is 0 Å². The van der Waals surface area contributed by atoms with Crippen molar-refractivity contribution in [2.75, 3.05) is 13.2 Å². The summed E-state index contributed by atoms with van der Waals surface area (Å²) in [6.07, 6.45) is 6.39. The fourth-order valence-electron chi connectivity index (χ4n) is 2.27. The van der Waals surface area contributed by atoms with Crippen molar-refractivity contribution in [1.82, 2.24) is 15.1 Å². The maximum Gasteiger partial charge on any atom is 0.0779 e. The van der Waals surface area contributed by atoms with Crippen LogP contribution in [-0.4, -0.2) is 28.5 Å². The Labute approximate surface area is 110 Å². The minimum atomic E-state index is 0.0278. The quantitative estimate of drug-likeness (QED) is 0.892. The van der Waals surface area contributed by atoms with Gasteiger partial charge >= 0.3 is 0 Å². The van der Waals surface area contributed by atoms with Crippen molar-refractivity contribution in [1.29, 1.82) is 0 Å². The molecule has 4 heteroatoms. The molecule has 0 bridgehead atoms. The molecular formula is C14H25N3O. The molecule has 0 spiro atoms. The van der Waals surface area contributed by atoms with Crippen LogP contribution in [0.15, 0.2) is 12.4 Å². The van der Waals surface area contributed by atoms with Crippen molar-refractivity contribution >= 4 is 0 Å². The van der Waals surface area contributed by atoms with Crippen LogP contribution in [0.1, 0.15) is 46.1 Å². The molecular weight excluding hydrogens is 226 g/mol. The standard InChI is InChI=1S/C14H25N3O/c1-13(2,3)17-10-12(9-16-17)8-15-11-14(4)6-5-7-18-14/h9-10,15H,5-8,11H2,1-4H3. The largest absolute Gasteiger partial charge is 0.374 e. The molecule has 0 aliphatic carbocycles. The second-order valence-corrected chi connectivity index (χ2v) is 6.47. The molecule has 102 valence electrons. The zero-order chi connectivity index (χ0) is 13.2. The molecule has 1 aromatic rings.